The Morgan fingerprint density at radius 2 is 1.83 bits per heavy atom. The Hall–Kier alpha value is -3.21. The lowest BCUT2D eigenvalue weighted by Crippen LogP contribution is -2.13. The van der Waals surface area contributed by atoms with Gasteiger partial charge in [-0.2, -0.15) is 0 Å². The summed E-state index contributed by atoms with van der Waals surface area (Å²) in [5.74, 6) is -0.582. The topological polar surface area (TPSA) is 54.0 Å². The minimum atomic E-state index is -0.332. The molecule has 1 heterocycles. The second kappa shape index (κ2) is 6.91. The molecule has 0 saturated carbocycles. The van der Waals surface area contributed by atoms with E-state index >= 15 is 0 Å². The number of halogens is 1. The van der Waals surface area contributed by atoms with E-state index in [1.54, 1.807) is 24.4 Å². The van der Waals surface area contributed by atoms with E-state index in [1.165, 1.54) is 18.3 Å². The van der Waals surface area contributed by atoms with Crippen LogP contribution in [0.3, 0.4) is 0 Å². The average molecular weight is 321 g/mol. The zero-order valence-corrected chi connectivity index (χ0v) is 13.1. The van der Waals surface area contributed by atoms with Gasteiger partial charge in [0.25, 0.3) is 5.91 Å². The van der Waals surface area contributed by atoms with Crippen LogP contribution in [-0.4, -0.2) is 10.9 Å². The van der Waals surface area contributed by atoms with Gasteiger partial charge in [-0.1, -0.05) is 24.3 Å². The third-order valence-corrected chi connectivity index (χ3v) is 3.51. The van der Waals surface area contributed by atoms with Crippen molar-refractivity contribution in [3.8, 4) is 0 Å². The number of hydrogen-bond acceptors (Lipinski definition) is 3. The van der Waals surface area contributed by atoms with Crippen molar-refractivity contribution < 1.29 is 9.18 Å². The van der Waals surface area contributed by atoms with E-state index < -0.39 is 0 Å². The van der Waals surface area contributed by atoms with Gasteiger partial charge < -0.3 is 10.6 Å². The van der Waals surface area contributed by atoms with Crippen LogP contribution in [0.2, 0.25) is 0 Å². The molecule has 0 aliphatic carbocycles. The molecular weight excluding hydrogens is 305 g/mol. The summed E-state index contributed by atoms with van der Waals surface area (Å²) in [6.07, 6.45) is 3.07. The number of anilines is 3. The lowest BCUT2D eigenvalue weighted by Gasteiger charge is -2.10. The molecule has 0 aliphatic rings. The summed E-state index contributed by atoms with van der Waals surface area (Å²) in [6.45, 7) is 1.93. The van der Waals surface area contributed by atoms with Crippen LogP contribution in [0.4, 0.5) is 21.5 Å². The largest absolute Gasteiger partial charge is 0.354 e. The highest BCUT2D eigenvalue weighted by atomic mass is 19.1. The van der Waals surface area contributed by atoms with Crippen LogP contribution in [0.1, 0.15) is 15.9 Å². The van der Waals surface area contributed by atoms with Crippen LogP contribution in [0.5, 0.6) is 0 Å². The van der Waals surface area contributed by atoms with Crippen LogP contribution in [0.25, 0.3) is 0 Å². The van der Waals surface area contributed by atoms with Gasteiger partial charge >= 0.3 is 0 Å². The average Bonchev–Trinajstić information content (AvgIpc) is 2.57. The number of rotatable bonds is 4. The molecule has 2 aromatic carbocycles. The first kappa shape index (κ1) is 15.7. The highest BCUT2D eigenvalue weighted by Crippen LogP contribution is 2.19. The van der Waals surface area contributed by atoms with Gasteiger partial charge in [0.15, 0.2) is 0 Å². The fourth-order valence-electron chi connectivity index (χ4n) is 2.27. The van der Waals surface area contributed by atoms with Gasteiger partial charge in [-0.15, -0.1) is 0 Å². The molecule has 0 radical (unpaired) electrons. The highest BCUT2D eigenvalue weighted by molar-refractivity contribution is 6.05. The third kappa shape index (κ3) is 3.76. The summed E-state index contributed by atoms with van der Waals surface area (Å²) in [7, 11) is 0. The van der Waals surface area contributed by atoms with Gasteiger partial charge in [-0.3, -0.25) is 9.78 Å². The Balaban J connectivity index is 1.77. The van der Waals surface area contributed by atoms with Crippen molar-refractivity contribution in [2.75, 3.05) is 10.6 Å². The van der Waals surface area contributed by atoms with E-state index in [-0.39, 0.29) is 11.7 Å². The molecule has 24 heavy (non-hydrogen) atoms. The molecule has 0 saturated heterocycles. The summed E-state index contributed by atoms with van der Waals surface area (Å²) in [6, 6.07) is 15.3. The fourth-order valence-corrected chi connectivity index (χ4v) is 2.27. The van der Waals surface area contributed by atoms with Crippen molar-refractivity contribution in [2.24, 2.45) is 0 Å². The lowest BCUT2D eigenvalue weighted by atomic mass is 10.2. The molecule has 0 unspecified atom stereocenters. The van der Waals surface area contributed by atoms with Crippen molar-refractivity contribution in [3.63, 3.8) is 0 Å². The Morgan fingerprint density at radius 1 is 1.00 bits per heavy atom. The Kier molecular flexibility index (Phi) is 4.52. The van der Waals surface area contributed by atoms with Crippen molar-refractivity contribution in [2.45, 2.75) is 6.92 Å². The second-order valence-corrected chi connectivity index (χ2v) is 5.37. The van der Waals surface area contributed by atoms with Gasteiger partial charge in [0.2, 0.25) is 0 Å². The van der Waals surface area contributed by atoms with E-state index in [1.807, 2.05) is 31.2 Å². The maximum absolute atomic E-state index is 13.2. The van der Waals surface area contributed by atoms with Crippen molar-refractivity contribution in [3.05, 3.63) is 83.9 Å². The highest BCUT2D eigenvalue weighted by Gasteiger charge is 2.09. The molecule has 4 nitrogen and oxygen atoms in total. The number of pyridine rings is 1. The van der Waals surface area contributed by atoms with Crippen LogP contribution in [-0.2, 0) is 0 Å². The van der Waals surface area contributed by atoms with Crippen molar-refractivity contribution in [1.82, 2.24) is 4.98 Å². The number of hydrogen-bond donors (Lipinski definition) is 2. The standard InChI is InChI=1S/C19H16FN3O/c1-13-5-2-3-8-18(13)23-19(24)14-9-17(12-21-11-14)22-16-7-4-6-15(20)10-16/h2-12,22H,1H3,(H,23,24). The number of nitrogens with zero attached hydrogens (tertiary/aromatic N) is 1. The SMILES string of the molecule is Cc1ccccc1NC(=O)c1cncc(Nc2cccc(F)c2)c1. The second-order valence-electron chi connectivity index (χ2n) is 5.37. The minimum Gasteiger partial charge on any atom is -0.354 e. The fraction of sp³-hybridized carbons (Fsp3) is 0.0526. The number of nitrogens with one attached hydrogen (secondary N) is 2. The number of aromatic nitrogens is 1. The first-order valence-electron chi connectivity index (χ1n) is 7.46. The molecule has 3 aromatic rings. The Bertz CT molecular complexity index is 880. The first-order chi connectivity index (χ1) is 11.6. The Labute approximate surface area is 139 Å². The van der Waals surface area contributed by atoms with Gasteiger partial charge in [0.1, 0.15) is 5.82 Å². The summed E-state index contributed by atoms with van der Waals surface area (Å²) < 4.78 is 13.2. The summed E-state index contributed by atoms with van der Waals surface area (Å²) >= 11 is 0. The van der Waals surface area contributed by atoms with E-state index in [0.717, 1.165) is 11.3 Å². The molecule has 0 aliphatic heterocycles. The van der Waals surface area contributed by atoms with E-state index in [4.69, 9.17) is 0 Å². The maximum atomic E-state index is 13.2. The molecule has 0 bridgehead atoms. The molecule has 120 valence electrons. The number of para-hydroxylation sites is 1. The molecule has 1 aromatic heterocycles. The zero-order valence-electron chi connectivity index (χ0n) is 13.1. The van der Waals surface area contributed by atoms with Crippen LogP contribution >= 0.6 is 0 Å². The number of carbonyl (C=O) groups is 1. The van der Waals surface area contributed by atoms with Gasteiger partial charge in [-0.25, -0.2) is 4.39 Å². The maximum Gasteiger partial charge on any atom is 0.257 e. The quantitative estimate of drug-likeness (QED) is 0.742. The van der Waals surface area contributed by atoms with Gasteiger partial charge in [-0.05, 0) is 42.8 Å². The lowest BCUT2D eigenvalue weighted by molar-refractivity contribution is 0.102. The predicted molar refractivity (Wildman–Crippen MR) is 93.1 cm³/mol. The molecular formula is C19H16FN3O. The van der Waals surface area contributed by atoms with Crippen molar-refractivity contribution >= 4 is 23.0 Å². The predicted octanol–water partition coefficient (Wildman–Crippen LogP) is 4.53. The number of carbonyl (C=O) groups excluding carboxylic acids is 1. The number of aryl methyl sites for hydroxylation is 1. The minimum absolute atomic E-state index is 0.250. The molecule has 0 spiro atoms. The molecule has 0 atom stereocenters. The molecule has 0 fully saturated rings. The summed E-state index contributed by atoms with van der Waals surface area (Å²) in [4.78, 5) is 16.5. The van der Waals surface area contributed by atoms with E-state index in [0.29, 0.717) is 16.9 Å². The number of amides is 1. The smallest absolute Gasteiger partial charge is 0.257 e. The molecule has 2 N–H and O–H groups in total. The Morgan fingerprint density at radius 3 is 2.62 bits per heavy atom. The zero-order chi connectivity index (χ0) is 16.9. The monoisotopic (exact) mass is 321 g/mol. The van der Waals surface area contributed by atoms with Gasteiger partial charge in [0.05, 0.1) is 17.4 Å². The van der Waals surface area contributed by atoms with E-state index in [9.17, 15) is 9.18 Å². The first-order valence-corrected chi connectivity index (χ1v) is 7.46. The number of benzene rings is 2. The van der Waals surface area contributed by atoms with E-state index in [2.05, 4.69) is 15.6 Å². The summed E-state index contributed by atoms with van der Waals surface area (Å²) in [5.41, 5.74) is 3.35. The van der Waals surface area contributed by atoms with Crippen LogP contribution < -0.4 is 10.6 Å². The van der Waals surface area contributed by atoms with Crippen LogP contribution in [0.15, 0.2) is 67.0 Å². The third-order valence-electron chi connectivity index (χ3n) is 3.51. The molecule has 1 amide bonds. The summed E-state index contributed by atoms with van der Waals surface area (Å²) in [5, 5.41) is 5.89. The molecule has 3 rings (SSSR count). The molecule has 5 heteroatoms. The van der Waals surface area contributed by atoms with Gasteiger partial charge in [0, 0.05) is 17.6 Å². The van der Waals surface area contributed by atoms with Crippen LogP contribution in [0, 0.1) is 12.7 Å². The van der Waals surface area contributed by atoms with Crippen molar-refractivity contribution in [1.29, 1.82) is 0 Å². The normalized spacial score (nSPS) is 10.2.